The first-order valence-corrected chi connectivity index (χ1v) is 12.5. The first-order valence-electron chi connectivity index (χ1n) is 12.5. The molecule has 1 aliphatic carbocycles. The zero-order valence-electron chi connectivity index (χ0n) is 21.6. The van der Waals surface area contributed by atoms with Crippen LogP contribution in [0.1, 0.15) is 65.2 Å². The smallest absolute Gasteiger partial charge is 0.318 e. The third kappa shape index (κ3) is 6.11. The molecule has 1 aliphatic rings. The molecule has 0 atom stereocenters. The Bertz CT molecular complexity index is 1450. The summed E-state index contributed by atoms with van der Waals surface area (Å²) in [5.41, 5.74) is 0.685. The van der Waals surface area contributed by atoms with Crippen LogP contribution in [0.4, 0.5) is 26.3 Å². The molecule has 0 aromatic heterocycles. The van der Waals surface area contributed by atoms with Gasteiger partial charge in [0, 0.05) is 36.3 Å². The molecule has 0 spiro atoms. The summed E-state index contributed by atoms with van der Waals surface area (Å²) in [7, 11) is 0. The Morgan fingerprint density at radius 1 is 0.800 bits per heavy atom. The molecule has 0 radical (unpaired) electrons. The second-order valence-corrected chi connectivity index (χ2v) is 9.79. The van der Waals surface area contributed by atoms with Crippen molar-refractivity contribution in [3.8, 4) is 11.1 Å². The van der Waals surface area contributed by atoms with Crippen molar-refractivity contribution in [1.82, 2.24) is 0 Å². The van der Waals surface area contributed by atoms with Crippen LogP contribution in [0.3, 0.4) is 0 Å². The highest BCUT2D eigenvalue weighted by Gasteiger charge is 2.47. The Kier molecular flexibility index (Phi) is 7.92. The summed E-state index contributed by atoms with van der Waals surface area (Å²) in [4.78, 5) is 30.0. The average molecular weight is 562 g/mol. The number of nitrogens with zero attached hydrogens (tertiary/aromatic N) is 1. The third-order valence-electron chi connectivity index (χ3n) is 7.08. The number of rotatable bonds is 8. The van der Waals surface area contributed by atoms with Crippen LogP contribution in [-0.2, 0) is 15.0 Å². The van der Waals surface area contributed by atoms with Gasteiger partial charge in [-0.15, -0.1) is 0 Å². The van der Waals surface area contributed by atoms with Gasteiger partial charge in [0.15, 0.2) is 5.71 Å². The van der Waals surface area contributed by atoms with Crippen LogP contribution >= 0.6 is 0 Å². The number of Topliss-reactive ketones (excluding diaryl/α,β-unsaturated/α-hetero) is 1. The molecule has 210 valence electrons. The summed E-state index contributed by atoms with van der Waals surface area (Å²) in [6, 6.07) is 17.5. The molecule has 40 heavy (non-hydrogen) atoms. The van der Waals surface area contributed by atoms with Crippen molar-refractivity contribution in [2.24, 2.45) is 5.16 Å². The molecule has 4 nitrogen and oxygen atoms in total. The minimum Gasteiger partial charge on any atom is -0.318 e. The standard InChI is InChI=1S/C30H25F6NO3/c1-18-7-3-4-8-21(18)26(37-40-19(2)38)27(39)20-11-12-23-22-9-5-6-10-24(22)28(25(23)17-20,13-15-29(31,32)33)14-16-30(34,35)36/h3-12,17H,13-16H2,1-2H3/b37-26+. The number of carbonyl (C=O) groups excluding carboxylic acids is 2. The van der Waals surface area contributed by atoms with Crippen molar-refractivity contribution < 1.29 is 40.8 Å². The van der Waals surface area contributed by atoms with E-state index in [0.717, 1.165) is 6.92 Å². The third-order valence-corrected chi connectivity index (χ3v) is 7.08. The van der Waals surface area contributed by atoms with Crippen LogP contribution in [0.2, 0.25) is 0 Å². The number of aryl methyl sites for hydroxylation is 1. The quantitative estimate of drug-likeness (QED) is 0.0918. The van der Waals surface area contributed by atoms with E-state index in [1.807, 2.05) is 0 Å². The number of fused-ring (bicyclic) bond motifs is 3. The number of oxime groups is 1. The lowest BCUT2D eigenvalue weighted by atomic mass is 9.70. The van der Waals surface area contributed by atoms with Crippen LogP contribution in [0.25, 0.3) is 11.1 Å². The highest BCUT2D eigenvalue weighted by Crippen LogP contribution is 2.55. The van der Waals surface area contributed by atoms with E-state index < -0.39 is 55.2 Å². The van der Waals surface area contributed by atoms with E-state index in [1.54, 1.807) is 55.5 Å². The Labute approximate surface area is 226 Å². The maximum atomic E-state index is 13.7. The van der Waals surface area contributed by atoms with Crippen molar-refractivity contribution in [1.29, 1.82) is 0 Å². The monoisotopic (exact) mass is 561 g/mol. The van der Waals surface area contributed by atoms with Gasteiger partial charge < -0.3 is 4.84 Å². The molecule has 0 fully saturated rings. The average Bonchev–Trinajstić information content (AvgIpc) is 3.16. The van der Waals surface area contributed by atoms with Gasteiger partial charge in [-0.2, -0.15) is 26.3 Å². The Morgan fingerprint density at radius 3 is 1.98 bits per heavy atom. The minimum atomic E-state index is -4.61. The fraction of sp³-hybridized carbons (Fsp3) is 0.300. The zero-order valence-corrected chi connectivity index (χ0v) is 21.6. The van der Waals surface area contributed by atoms with Gasteiger partial charge in [0.2, 0.25) is 5.78 Å². The highest BCUT2D eigenvalue weighted by molar-refractivity contribution is 6.51. The topological polar surface area (TPSA) is 55.7 Å². The van der Waals surface area contributed by atoms with Gasteiger partial charge in [-0.1, -0.05) is 65.8 Å². The molecule has 0 unspecified atom stereocenters. The van der Waals surface area contributed by atoms with E-state index in [0.29, 0.717) is 27.8 Å². The lowest BCUT2D eigenvalue weighted by Gasteiger charge is -2.33. The predicted octanol–water partition coefficient (Wildman–Crippen LogP) is 8.10. The first kappa shape index (κ1) is 29.0. The summed E-state index contributed by atoms with van der Waals surface area (Å²) in [6.45, 7) is 2.82. The molecule has 3 aromatic rings. The van der Waals surface area contributed by atoms with E-state index in [2.05, 4.69) is 5.16 Å². The van der Waals surface area contributed by atoms with Gasteiger partial charge in [-0.25, -0.2) is 4.79 Å². The van der Waals surface area contributed by atoms with E-state index in [9.17, 15) is 35.9 Å². The van der Waals surface area contributed by atoms with Crippen molar-refractivity contribution in [3.63, 3.8) is 0 Å². The van der Waals surface area contributed by atoms with Gasteiger partial charge >= 0.3 is 18.3 Å². The fourth-order valence-corrected chi connectivity index (χ4v) is 5.27. The molecule has 0 amide bonds. The van der Waals surface area contributed by atoms with Gasteiger partial charge in [0.1, 0.15) is 0 Å². The largest absolute Gasteiger partial charge is 0.389 e. The summed E-state index contributed by atoms with van der Waals surface area (Å²) >= 11 is 0. The number of alkyl halides is 6. The van der Waals surface area contributed by atoms with E-state index >= 15 is 0 Å². The van der Waals surface area contributed by atoms with Crippen molar-refractivity contribution in [2.45, 2.75) is 57.3 Å². The van der Waals surface area contributed by atoms with Crippen LogP contribution in [-0.4, -0.2) is 29.8 Å². The van der Waals surface area contributed by atoms with Gasteiger partial charge in [-0.3, -0.25) is 4.79 Å². The van der Waals surface area contributed by atoms with Crippen LogP contribution in [0.5, 0.6) is 0 Å². The fourth-order valence-electron chi connectivity index (χ4n) is 5.27. The zero-order chi connectivity index (χ0) is 29.3. The van der Waals surface area contributed by atoms with E-state index in [-0.39, 0.29) is 16.8 Å². The lowest BCUT2D eigenvalue weighted by molar-refractivity contribution is -0.144. The normalized spacial score (nSPS) is 14.4. The maximum Gasteiger partial charge on any atom is 0.389 e. The van der Waals surface area contributed by atoms with E-state index in [4.69, 9.17) is 4.84 Å². The highest BCUT2D eigenvalue weighted by atomic mass is 19.4. The van der Waals surface area contributed by atoms with Crippen molar-refractivity contribution in [3.05, 3.63) is 94.5 Å². The van der Waals surface area contributed by atoms with Crippen LogP contribution in [0, 0.1) is 6.92 Å². The molecule has 0 bridgehead atoms. The van der Waals surface area contributed by atoms with Crippen molar-refractivity contribution >= 4 is 17.5 Å². The molecule has 3 aromatic carbocycles. The maximum absolute atomic E-state index is 13.7. The van der Waals surface area contributed by atoms with Crippen LogP contribution in [0.15, 0.2) is 71.9 Å². The van der Waals surface area contributed by atoms with Crippen LogP contribution < -0.4 is 0 Å². The molecule has 0 saturated carbocycles. The molecule has 4 rings (SSSR count). The van der Waals surface area contributed by atoms with E-state index in [1.165, 1.54) is 18.2 Å². The second-order valence-electron chi connectivity index (χ2n) is 9.79. The summed E-state index contributed by atoms with van der Waals surface area (Å²) in [5, 5.41) is 3.76. The number of carbonyl (C=O) groups is 2. The summed E-state index contributed by atoms with van der Waals surface area (Å²) < 4.78 is 80.8. The molecule has 10 heteroatoms. The molecule has 0 N–H and O–H groups in total. The number of benzene rings is 3. The number of hydrogen-bond acceptors (Lipinski definition) is 4. The second kappa shape index (κ2) is 10.9. The lowest BCUT2D eigenvalue weighted by Crippen LogP contribution is -2.30. The van der Waals surface area contributed by atoms with Gasteiger partial charge in [0.25, 0.3) is 0 Å². The van der Waals surface area contributed by atoms with Gasteiger partial charge in [0.05, 0.1) is 0 Å². The molecule has 0 saturated heterocycles. The number of halogens is 6. The van der Waals surface area contributed by atoms with Crippen molar-refractivity contribution in [2.75, 3.05) is 0 Å². The summed E-state index contributed by atoms with van der Waals surface area (Å²) in [6.07, 6.45) is -13.1. The molecule has 0 aliphatic heterocycles. The molecular formula is C30H25F6NO3. The Balaban J connectivity index is 1.89. The molecular weight excluding hydrogens is 536 g/mol. The first-order chi connectivity index (χ1) is 18.7. The Morgan fingerprint density at radius 2 is 1.38 bits per heavy atom. The Hall–Kier alpha value is -3.95. The summed E-state index contributed by atoms with van der Waals surface area (Å²) in [5.74, 6) is -1.48. The minimum absolute atomic E-state index is 0.0101. The predicted molar refractivity (Wildman–Crippen MR) is 137 cm³/mol. The van der Waals surface area contributed by atoms with Gasteiger partial charge in [-0.05, 0) is 53.6 Å². The number of ketones is 1. The SMILES string of the molecule is CC(=O)O/N=C(/C(=O)c1ccc2c(c1)C(CCC(F)(F)F)(CCC(F)(F)F)c1ccccc1-2)c1ccccc1C. The number of hydrogen-bond donors (Lipinski definition) is 0. The molecule has 0 heterocycles.